The van der Waals surface area contributed by atoms with Gasteiger partial charge in [0, 0.05) is 24.1 Å². The summed E-state index contributed by atoms with van der Waals surface area (Å²) in [6.45, 7) is 9.20. The molecule has 3 rings (SSSR count). The van der Waals surface area contributed by atoms with E-state index < -0.39 is 0 Å². The Bertz CT molecular complexity index is 681. The summed E-state index contributed by atoms with van der Waals surface area (Å²) < 4.78 is 10.7. The van der Waals surface area contributed by atoms with Crippen molar-refractivity contribution >= 4 is 11.7 Å². The second-order valence-corrected chi connectivity index (χ2v) is 7.26. The van der Waals surface area contributed by atoms with Crippen molar-refractivity contribution in [3.8, 4) is 11.5 Å². The van der Waals surface area contributed by atoms with E-state index in [1.165, 1.54) is 0 Å². The Kier molecular flexibility index (Phi) is 4.74. The highest BCUT2D eigenvalue weighted by molar-refractivity contribution is 6.01. The van der Waals surface area contributed by atoms with Crippen LogP contribution in [-0.4, -0.2) is 48.2 Å². The fraction of sp³-hybridized carbons (Fsp3) is 0.556. The largest absolute Gasteiger partial charge is 0.454 e. The van der Waals surface area contributed by atoms with E-state index in [4.69, 9.17) is 14.3 Å². The van der Waals surface area contributed by atoms with Crippen LogP contribution in [0.5, 0.6) is 11.5 Å². The van der Waals surface area contributed by atoms with Gasteiger partial charge < -0.3 is 24.5 Å². The number of carbonyl (C=O) groups is 1. The SMILES string of the molecule is CCN(CC1CC(c2ccc3c(c2)OCO3)=NO1)C(=O)NC(C)(C)C. The lowest BCUT2D eigenvalue weighted by molar-refractivity contribution is 0.0608. The van der Waals surface area contributed by atoms with Crippen molar-refractivity contribution in [1.82, 2.24) is 10.2 Å². The molecule has 7 nitrogen and oxygen atoms in total. The van der Waals surface area contributed by atoms with Gasteiger partial charge in [0.25, 0.3) is 0 Å². The molecule has 2 aliphatic heterocycles. The van der Waals surface area contributed by atoms with Crippen molar-refractivity contribution in [3.05, 3.63) is 23.8 Å². The molecule has 1 unspecified atom stereocenters. The highest BCUT2D eigenvalue weighted by Gasteiger charge is 2.28. The summed E-state index contributed by atoms with van der Waals surface area (Å²) in [7, 11) is 0. The number of fused-ring (bicyclic) bond motifs is 1. The third-order valence-electron chi connectivity index (χ3n) is 4.01. The van der Waals surface area contributed by atoms with Gasteiger partial charge in [-0.15, -0.1) is 0 Å². The quantitative estimate of drug-likeness (QED) is 0.909. The molecule has 0 bridgehead atoms. The van der Waals surface area contributed by atoms with Gasteiger partial charge in [-0.3, -0.25) is 0 Å². The molecule has 7 heteroatoms. The summed E-state index contributed by atoms with van der Waals surface area (Å²) >= 11 is 0. The molecular formula is C18H25N3O4. The van der Waals surface area contributed by atoms with E-state index in [2.05, 4.69) is 10.5 Å². The summed E-state index contributed by atoms with van der Waals surface area (Å²) in [5, 5.41) is 7.17. The Morgan fingerprint density at radius 3 is 2.80 bits per heavy atom. The number of hydrogen-bond acceptors (Lipinski definition) is 5. The first kappa shape index (κ1) is 17.4. The molecule has 2 heterocycles. The molecule has 1 aromatic rings. The van der Waals surface area contributed by atoms with Crippen molar-refractivity contribution in [1.29, 1.82) is 0 Å². The first-order valence-corrected chi connectivity index (χ1v) is 8.55. The minimum absolute atomic E-state index is 0.0878. The predicted octanol–water partition coefficient (Wildman–Crippen LogP) is 2.74. The molecule has 0 aliphatic carbocycles. The molecule has 1 aromatic carbocycles. The monoisotopic (exact) mass is 347 g/mol. The van der Waals surface area contributed by atoms with Gasteiger partial charge in [0.1, 0.15) is 0 Å². The van der Waals surface area contributed by atoms with Crippen LogP contribution < -0.4 is 14.8 Å². The number of rotatable bonds is 4. The highest BCUT2D eigenvalue weighted by Crippen LogP contribution is 2.33. The van der Waals surface area contributed by atoms with E-state index in [1.54, 1.807) is 4.90 Å². The van der Waals surface area contributed by atoms with Gasteiger partial charge in [0.05, 0.1) is 12.3 Å². The Hall–Kier alpha value is -2.44. The van der Waals surface area contributed by atoms with Crippen LogP contribution in [0.15, 0.2) is 23.4 Å². The summed E-state index contributed by atoms with van der Waals surface area (Å²) in [4.78, 5) is 19.6. The zero-order chi connectivity index (χ0) is 18.0. The van der Waals surface area contributed by atoms with Crippen LogP contribution in [0.2, 0.25) is 0 Å². The minimum Gasteiger partial charge on any atom is -0.454 e. The van der Waals surface area contributed by atoms with E-state index in [1.807, 2.05) is 45.9 Å². The molecule has 0 saturated carbocycles. The number of ether oxygens (including phenoxy) is 2. The maximum absolute atomic E-state index is 12.3. The first-order valence-electron chi connectivity index (χ1n) is 8.55. The lowest BCUT2D eigenvalue weighted by Crippen LogP contribution is -2.50. The summed E-state index contributed by atoms with van der Waals surface area (Å²) in [6, 6.07) is 5.65. The van der Waals surface area contributed by atoms with E-state index >= 15 is 0 Å². The van der Waals surface area contributed by atoms with E-state index in [0.717, 1.165) is 22.8 Å². The Morgan fingerprint density at radius 1 is 1.32 bits per heavy atom. The van der Waals surface area contributed by atoms with Crippen molar-refractivity contribution in [2.45, 2.75) is 45.8 Å². The number of nitrogens with zero attached hydrogens (tertiary/aromatic N) is 2. The Balaban J connectivity index is 1.59. The van der Waals surface area contributed by atoms with Gasteiger partial charge >= 0.3 is 6.03 Å². The molecule has 2 amide bonds. The summed E-state index contributed by atoms with van der Waals surface area (Å²) in [5.74, 6) is 1.47. The van der Waals surface area contributed by atoms with Crippen LogP contribution in [0, 0.1) is 0 Å². The maximum Gasteiger partial charge on any atom is 0.317 e. The van der Waals surface area contributed by atoms with Gasteiger partial charge in [0.15, 0.2) is 17.6 Å². The molecule has 0 spiro atoms. The standard InChI is InChI=1S/C18H25N3O4/c1-5-21(17(22)19-18(2,3)4)10-13-9-14(20-25-13)12-6-7-15-16(8-12)24-11-23-15/h6-8,13H,5,9-11H2,1-4H3,(H,19,22). The molecule has 0 fully saturated rings. The van der Waals surface area contributed by atoms with Crippen LogP contribution in [-0.2, 0) is 4.84 Å². The number of hydrogen-bond donors (Lipinski definition) is 1. The number of carbonyl (C=O) groups excluding carboxylic acids is 1. The van der Waals surface area contributed by atoms with Crippen molar-refractivity contribution in [2.24, 2.45) is 5.16 Å². The molecule has 0 saturated heterocycles. The molecule has 1 atom stereocenters. The van der Waals surface area contributed by atoms with Crippen LogP contribution in [0.4, 0.5) is 4.79 Å². The topological polar surface area (TPSA) is 72.4 Å². The molecule has 1 N–H and O–H groups in total. The Morgan fingerprint density at radius 2 is 2.08 bits per heavy atom. The van der Waals surface area contributed by atoms with E-state index in [0.29, 0.717) is 19.5 Å². The number of likely N-dealkylation sites (N-methyl/N-ethyl adjacent to an activating group) is 1. The lowest BCUT2D eigenvalue weighted by Gasteiger charge is -2.28. The van der Waals surface area contributed by atoms with Gasteiger partial charge in [-0.1, -0.05) is 5.16 Å². The fourth-order valence-corrected chi connectivity index (χ4v) is 2.77. The van der Waals surface area contributed by atoms with Crippen LogP contribution in [0.1, 0.15) is 39.7 Å². The number of nitrogens with one attached hydrogen (secondary N) is 1. The van der Waals surface area contributed by atoms with E-state index in [9.17, 15) is 4.79 Å². The second kappa shape index (κ2) is 6.82. The average Bonchev–Trinajstić information content (AvgIpc) is 3.19. The van der Waals surface area contributed by atoms with Gasteiger partial charge in [0.2, 0.25) is 6.79 Å². The summed E-state index contributed by atoms with van der Waals surface area (Å²) in [5.41, 5.74) is 1.54. The lowest BCUT2D eigenvalue weighted by atomic mass is 10.0. The van der Waals surface area contributed by atoms with Gasteiger partial charge in [-0.25, -0.2) is 4.79 Å². The zero-order valence-electron chi connectivity index (χ0n) is 15.2. The van der Waals surface area contributed by atoms with Gasteiger partial charge in [-0.2, -0.15) is 0 Å². The van der Waals surface area contributed by atoms with Crippen molar-refractivity contribution in [2.75, 3.05) is 19.9 Å². The van der Waals surface area contributed by atoms with Gasteiger partial charge in [-0.05, 0) is 45.9 Å². The maximum atomic E-state index is 12.3. The number of benzene rings is 1. The predicted molar refractivity (Wildman–Crippen MR) is 94.1 cm³/mol. The zero-order valence-corrected chi connectivity index (χ0v) is 15.2. The number of amides is 2. The number of oxime groups is 1. The van der Waals surface area contributed by atoms with E-state index in [-0.39, 0.29) is 24.5 Å². The van der Waals surface area contributed by atoms with Crippen LogP contribution in [0.25, 0.3) is 0 Å². The molecule has 136 valence electrons. The normalized spacial score (nSPS) is 18.6. The van der Waals surface area contributed by atoms with Crippen molar-refractivity contribution in [3.63, 3.8) is 0 Å². The Labute approximate surface area is 147 Å². The summed E-state index contributed by atoms with van der Waals surface area (Å²) in [6.07, 6.45) is 0.505. The minimum atomic E-state index is -0.269. The second-order valence-electron chi connectivity index (χ2n) is 7.26. The smallest absolute Gasteiger partial charge is 0.317 e. The fourth-order valence-electron chi connectivity index (χ4n) is 2.77. The third-order valence-corrected chi connectivity index (χ3v) is 4.01. The molecule has 2 aliphatic rings. The van der Waals surface area contributed by atoms with Crippen LogP contribution >= 0.6 is 0 Å². The first-order chi connectivity index (χ1) is 11.9. The number of urea groups is 1. The van der Waals surface area contributed by atoms with Crippen LogP contribution in [0.3, 0.4) is 0 Å². The van der Waals surface area contributed by atoms with Crippen molar-refractivity contribution < 1.29 is 19.1 Å². The molecular weight excluding hydrogens is 322 g/mol. The highest BCUT2D eigenvalue weighted by atomic mass is 16.7. The average molecular weight is 347 g/mol. The molecule has 25 heavy (non-hydrogen) atoms. The molecule has 0 radical (unpaired) electrons. The molecule has 0 aromatic heterocycles. The third kappa shape index (κ3) is 4.15.